The Labute approximate surface area is 133 Å². The van der Waals surface area contributed by atoms with Gasteiger partial charge in [-0.3, -0.25) is 4.99 Å². The summed E-state index contributed by atoms with van der Waals surface area (Å²) < 4.78 is 1.23. The molecule has 5 heteroatoms. The fourth-order valence-electron chi connectivity index (χ4n) is 3.29. The van der Waals surface area contributed by atoms with Crippen molar-refractivity contribution < 1.29 is 0 Å². The molecule has 1 aromatic heterocycles. The minimum absolute atomic E-state index is 0.496. The van der Waals surface area contributed by atoms with E-state index in [1.54, 1.807) is 11.3 Å². The number of nitrogens with one attached hydrogen (secondary N) is 1. The second-order valence-corrected chi connectivity index (χ2v) is 7.98. The van der Waals surface area contributed by atoms with E-state index in [2.05, 4.69) is 28.5 Å². The standard InChI is InChI=1S/C16H19N3S2/c1-2-6-16(7-3-1)9-17-15(20-10-16)19-12-4-5-13-14(8-12)21-11-18-13/h4-5,8,11H,1-3,6-7,9-10H2,(H,17,19). The summed E-state index contributed by atoms with van der Waals surface area (Å²) in [5, 5.41) is 4.56. The first-order chi connectivity index (χ1) is 10.3. The number of hydrogen-bond acceptors (Lipinski definition) is 5. The van der Waals surface area contributed by atoms with Crippen molar-refractivity contribution in [3.05, 3.63) is 23.7 Å². The number of benzene rings is 1. The number of hydrogen-bond donors (Lipinski definition) is 1. The Morgan fingerprint density at radius 3 is 2.86 bits per heavy atom. The van der Waals surface area contributed by atoms with Crippen LogP contribution in [0.3, 0.4) is 0 Å². The van der Waals surface area contributed by atoms with Gasteiger partial charge in [-0.2, -0.15) is 0 Å². The summed E-state index contributed by atoms with van der Waals surface area (Å²) in [6.07, 6.45) is 6.92. The Morgan fingerprint density at radius 2 is 2.05 bits per heavy atom. The Hall–Kier alpha value is -1.07. The van der Waals surface area contributed by atoms with Gasteiger partial charge in [0.1, 0.15) is 0 Å². The Morgan fingerprint density at radius 1 is 1.14 bits per heavy atom. The number of nitrogens with zero attached hydrogens (tertiary/aromatic N) is 2. The number of thioether (sulfide) groups is 1. The number of aliphatic imine (C=N–C) groups is 1. The van der Waals surface area contributed by atoms with Gasteiger partial charge in [0.2, 0.25) is 0 Å². The van der Waals surface area contributed by atoms with Crippen LogP contribution in [0.1, 0.15) is 32.1 Å². The van der Waals surface area contributed by atoms with E-state index in [0.717, 1.165) is 22.9 Å². The molecule has 0 amide bonds. The molecule has 1 saturated carbocycles. The molecule has 4 rings (SSSR count). The Kier molecular flexibility index (Phi) is 3.63. The number of aromatic nitrogens is 1. The summed E-state index contributed by atoms with van der Waals surface area (Å²) in [6.45, 7) is 1.01. The van der Waals surface area contributed by atoms with Crippen molar-refractivity contribution in [3.8, 4) is 0 Å². The van der Waals surface area contributed by atoms with E-state index in [1.165, 1.54) is 42.6 Å². The highest BCUT2D eigenvalue weighted by Gasteiger charge is 2.34. The van der Waals surface area contributed by atoms with Gasteiger partial charge in [-0.05, 0) is 36.5 Å². The molecule has 2 aliphatic rings. The van der Waals surface area contributed by atoms with Crippen molar-refractivity contribution in [2.75, 3.05) is 17.6 Å². The smallest absolute Gasteiger partial charge is 0.161 e. The van der Waals surface area contributed by atoms with E-state index >= 15 is 0 Å². The molecule has 1 aliphatic heterocycles. The monoisotopic (exact) mass is 317 g/mol. The van der Waals surface area contributed by atoms with Gasteiger partial charge in [0.15, 0.2) is 5.17 Å². The fourth-order valence-corrected chi connectivity index (χ4v) is 5.17. The SMILES string of the molecule is c1nc2ccc(NC3=NCC4(CCCCC4)CS3)cc2s1. The predicted molar refractivity (Wildman–Crippen MR) is 93.5 cm³/mol. The summed E-state index contributed by atoms with van der Waals surface area (Å²) in [5.41, 5.74) is 4.59. The van der Waals surface area contributed by atoms with Crippen molar-refractivity contribution in [3.63, 3.8) is 0 Å². The molecule has 21 heavy (non-hydrogen) atoms. The van der Waals surface area contributed by atoms with E-state index in [1.807, 2.05) is 17.3 Å². The van der Waals surface area contributed by atoms with Crippen LogP contribution in [0.4, 0.5) is 5.69 Å². The van der Waals surface area contributed by atoms with Gasteiger partial charge >= 0.3 is 0 Å². The number of thiazole rings is 1. The third-order valence-electron chi connectivity index (χ3n) is 4.57. The average molecular weight is 317 g/mol. The van der Waals surface area contributed by atoms with Crippen LogP contribution in [-0.4, -0.2) is 22.4 Å². The van der Waals surface area contributed by atoms with Gasteiger partial charge in [-0.1, -0.05) is 31.0 Å². The summed E-state index contributed by atoms with van der Waals surface area (Å²) in [5.74, 6) is 1.22. The van der Waals surface area contributed by atoms with Crippen molar-refractivity contribution in [2.24, 2.45) is 10.4 Å². The van der Waals surface area contributed by atoms with E-state index in [4.69, 9.17) is 4.99 Å². The van der Waals surface area contributed by atoms with Gasteiger partial charge in [-0.15, -0.1) is 11.3 Å². The molecular formula is C16H19N3S2. The zero-order valence-electron chi connectivity index (χ0n) is 12.0. The molecule has 1 spiro atoms. The maximum absolute atomic E-state index is 4.83. The molecule has 3 nitrogen and oxygen atoms in total. The van der Waals surface area contributed by atoms with Crippen LogP contribution in [0, 0.1) is 5.41 Å². The van der Waals surface area contributed by atoms with Gasteiger partial charge in [0.25, 0.3) is 0 Å². The molecular weight excluding hydrogens is 298 g/mol. The molecule has 0 unspecified atom stereocenters. The molecule has 0 atom stereocenters. The lowest BCUT2D eigenvalue weighted by molar-refractivity contribution is 0.232. The number of rotatable bonds is 1. The van der Waals surface area contributed by atoms with Crippen LogP contribution in [0.2, 0.25) is 0 Å². The van der Waals surface area contributed by atoms with E-state index < -0.39 is 0 Å². The minimum Gasteiger partial charge on any atom is -0.335 e. The summed E-state index contributed by atoms with van der Waals surface area (Å²) in [7, 11) is 0. The third-order valence-corrected chi connectivity index (χ3v) is 6.62. The summed E-state index contributed by atoms with van der Waals surface area (Å²) in [6, 6.07) is 6.34. The molecule has 110 valence electrons. The normalized spacial score (nSPS) is 21.4. The first-order valence-electron chi connectivity index (χ1n) is 7.61. The minimum atomic E-state index is 0.496. The summed E-state index contributed by atoms with van der Waals surface area (Å²) in [4.78, 5) is 9.14. The van der Waals surface area contributed by atoms with Gasteiger partial charge in [-0.25, -0.2) is 4.98 Å². The molecule has 1 aliphatic carbocycles. The first kappa shape index (κ1) is 13.6. The van der Waals surface area contributed by atoms with E-state index in [9.17, 15) is 0 Å². The lowest BCUT2D eigenvalue weighted by Gasteiger charge is -2.38. The number of anilines is 1. The zero-order valence-corrected chi connectivity index (χ0v) is 13.6. The van der Waals surface area contributed by atoms with E-state index in [-0.39, 0.29) is 0 Å². The maximum Gasteiger partial charge on any atom is 0.161 e. The second kappa shape index (κ2) is 5.61. The molecule has 0 bridgehead atoms. The highest BCUT2D eigenvalue weighted by molar-refractivity contribution is 8.14. The van der Waals surface area contributed by atoms with Crippen molar-refractivity contribution in [2.45, 2.75) is 32.1 Å². The van der Waals surface area contributed by atoms with E-state index in [0.29, 0.717) is 5.41 Å². The third kappa shape index (κ3) is 2.81. The van der Waals surface area contributed by atoms with Crippen LogP contribution < -0.4 is 5.32 Å². The van der Waals surface area contributed by atoms with Crippen LogP contribution in [0.25, 0.3) is 10.2 Å². The highest BCUT2D eigenvalue weighted by Crippen LogP contribution is 2.42. The predicted octanol–water partition coefficient (Wildman–Crippen LogP) is 4.76. The molecule has 0 radical (unpaired) electrons. The summed E-state index contributed by atoms with van der Waals surface area (Å²) >= 11 is 3.58. The van der Waals surface area contributed by atoms with Crippen LogP contribution in [0.15, 0.2) is 28.7 Å². The van der Waals surface area contributed by atoms with Gasteiger partial charge in [0, 0.05) is 18.0 Å². The molecule has 2 aromatic rings. The highest BCUT2D eigenvalue weighted by atomic mass is 32.2. The lowest BCUT2D eigenvalue weighted by Crippen LogP contribution is -2.35. The van der Waals surface area contributed by atoms with Gasteiger partial charge < -0.3 is 5.32 Å². The first-order valence-corrected chi connectivity index (χ1v) is 9.47. The molecule has 1 aromatic carbocycles. The maximum atomic E-state index is 4.83. The van der Waals surface area contributed by atoms with Gasteiger partial charge in [0.05, 0.1) is 15.7 Å². The average Bonchev–Trinajstić information content (AvgIpc) is 2.98. The second-order valence-electron chi connectivity index (χ2n) is 6.13. The fraction of sp³-hybridized carbons (Fsp3) is 0.500. The van der Waals surface area contributed by atoms with Crippen molar-refractivity contribution in [1.82, 2.24) is 4.98 Å². The quantitative estimate of drug-likeness (QED) is 0.824. The van der Waals surface area contributed by atoms with Crippen LogP contribution in [0.5, 0.6) is 0 Å². The van der Waals surface area contributed by atoms with Crippen molar-refractivity contribution in [1.29, 1.82) is 0 Å². The van der Waals surface area contributed by atoms with Crippen LogP contribution in [-0.2, 0) is 0 Å². The lowest BCUT2D eigenvalue weighted by atomic mass is 9.75. The Balaban J connectivity index is 1.47. The molecule has 1 N–H and O–H groups in total. The Bertz CT molecular complexity index is 671. The molecule has 1 fully saturated rings. The molecule has 2 heterocycles. The zero-order chi connectivity index (χ0) is 14.1. The number of amidine groups is 1. The largest absolute Gasteiger partial charge is 0.335 e. The topological polar surface area (TPSA) is 37.3 Å². The van der Waals surface area contributed by atoms with Crippen LogP contribution >= 0.6 is 23.1 Å². The van der Waals surface area contributed by atoms with Crippen molar-refractivity contribution >= 4 is 44.2 Å². The number of fused-ring (bicyclic) bond motifs is 1. The molecule has 0 saturated heterocycles.